The van der Waals surface area contributed by atoms with Gasteiger partial charge in [-0.2, -0.15) is 0 Å². The van der Waals surface area contributed by atoms with Crippen LogP contribution in [0, 0.1) is 0 Å². The molecule has 1 saturated heterocycles. The molecule has 1 aliphatic heterocycles. The number of aryl methyl sites for hydroxylation is 1. The number of rotatable bonds is 7. The van der Waals surface area contributed by atoms with Crippen molar-refractivity contribution in [3.8, 4) is 0 Å². The number of nitrogens with zero attached hydrogens (tertiary/aromatic N) is 1. The number of benzene rings is 1. The Morgan fingerprint density at radius 3 is 2.77 bits per heavy atom. The third kappa shape index (κ3) is 4.11. The molecule has 136 valence electrons. The Kier molecular flexibility index (Phi) is 5.36. The van der Waals surface area contributed by atoms with E-state index in [4.69, 9.17) is 4.42 Å². The summed E-state index contributed by atoms with van der Waals surface area (Å²) in [6, 6.07) is 10.3. The maximum Gasteiger partial charge on any atom is 0.324 e. The predicted octanol–water partition coefficient (Wildman–Crippen LogP) is 2.08. The number of hydrogen-bond acceptors (Lipinski definition) is 4. The van der Waals surface area contributed by atoms with Crippen LogP contribution in [0.4, 0.5) is 4.79 Å². The van der Waals surface area contributed by atoms with Gasteiger partial charge in [-0.05, 0) is 37.1 Å². The highest BCUT2D eigenvalue weighted by molar-refractivity contribution is 6.02. The molecule has 0 radical (unpaired) electrons. The van der Waals surface area contributed by atoms with Crippen molar-refractivity contribution in [1.29, 1.82) is 0 Å². The summed E-state index contributed by atoms with van der Waals surface area (Å²) < 4.78 is 5.30. The van der Waals surface area contributed by atoms with E-state index in [-0.39, 0.29) is 30.9 Å². The van der Waals surface area contributed by atoms with Gasteiger partial charge in [0.2, 0.25) is 5.91 Å². The first-order valence-electron chi connectivity index (χ1n) is 8.54. The summed E-state index contributed by atoms with van der Waals surface area (Å²) >= 11 is 0. The number of amides is 4. The fourth-order valence-electron chi connectivity index (χ4n) is 2.85. The molecule has 0 saturated carbocycles. The van der Waals surface area contributed by atoms with Gasteiger partial charge in [0, 0.05) is 18.0 Å². The Hall–Kier alpha value is -3.09. The molecule has 1 aromatic carbocycles. The molecule has 7 nitrogen and oxygen atoms in total. The van der Waals surface area contributed by atoms with E-state index in [1.165, 1.54) is 0 Å². The normalized spacial score (nSPS) is 15.0. The van der Waals surface area contributed by atoms with E-state index in [1.807, 2.05) is 19.1 Å². The molecule has 0 bridgehead atoms. The van der Waals surface area contributed by atoms with Crippen LogP contribution in [0.15, 0.2) is 47.1 Å². The van der Waals surface area contributed by atoms with Gasteiger partial charge in [0.15, 0.2) is 0 Å². The molecule has 2 N–H and O–H groups in total. The number of furan rings is 1. The highest BCUT2D eigenvalue weighted by Crippen LogP contribution is 2.15. The van der Waals surface area contributed by atoms with Gasteiger partial charge in [0.25, 0.3) is 5.91 Å². The van der Waals surface area contributed by atoms with Gasteiger partial charge < -0.3 is 15.1 Å². The van der Waals surface area contributed by atoms with Gasteiger partial charge in [0.1, 0.15) is 5.76 Å². The van der Waals surface area contributed by atoms with Crippen LogP contribution < -0.4 is 10.6 Å². The Morgan fingerprint density at radius 2 is 2.08 bits per heavy atom. The van der Waals surface area contributed by atoms with Crippen molar-refractivity contribution in [2.24, 2.45) is 0 Å². The monoisotopic (exact) mass is 355 g/mol. The molecule has 0 aliphatic carbocycles. The minimum atomic E-state index is -0.433. The Balaban J connectivity index is 1.63. The lowest BCUT2D eigenvalue weighted by Crippen LogP contribution is -2.35. The highest BCUT2D eigenvalue weighted by atomic mass is 16.3. The third-order valence-corrected chi connectivity index (χ3v) is 4.31. The summed E-state index contributed by atoms with van der Waals surface area (Å²) in [6.45, 7) is 2.01. The van der Waals surface area contributed by atoms with Gasteiger partial charge in [-0.15, -0.1) is 0 Å². The molecule has 0 spiro atoms. The molecule has 2 aromatic rings. The fourth-order valence-corrected chi connectivity index (χ4v) is 2.85. The van der Waals surface area contributed by atoms with E-state index in [1.54, 1.807) is 30.5 Å². The molecular formula is C19H21N3O4. The van der Waals surface area contributed by atoms with Crippen LogP contribution in [0.2, 0.25) is 0 Å². The molecule has 26 heavy (non-hydrogen) atoms. The van der Waals surface area contributed by atoms with E-state index in [9.17, 15) is 14.4 Å². The second kappa shape index (κ2) is 7.86. The van der Waals surface area contributed by atoms with Gasteiger partial charge in [-0.25, -0.2) is 4.79 Å². The second-order valence-electron chi connectivity index (χ2n) is 6.29. The van der Waals surface area contributed by atoms with Gasteiger partial charge in [-0.1, -0.05) is 18.2 Å². The van der Waals surface area contributed by atoms with Crippen molar-refractivity contribution < 1.29 is 18.8 Å². The maximum atomic E-state index is 12.6. The molecule has 1 fully saturated rings. The van der Waals surface area contributed by atoms with Gasteiger partial charge in [0.05, 0.1) is 19.4 Å². The van der Waals surface area contributed by atoms with Crippen LogP contribution in [0.25, 0.3) is 0 Å². The largest absolute Gasteiger partial charge is 0.469 e. The first-order chi connectivity index (χ1) is 12.5. The van der Waals surface area contributed by atoms with E-state index in [0.29, 0.717) is 11.1 Å². The molecule has 4 amide bonds. The molecule has 1 aromatic heterocycles. The van der Waals surface area contributed by atoms with E-state index in [2.05, 4.69) is 10.6 Å². The van der Waals surface area contributed by atoms with Crippen molar-refractivity contribution in [1.82, 2.24) is 15.5 Å². The highest BCUT2D eigenvalue weighted by Gasteiger charge is 2.29. The third-order valence-electron chi connectivity index (χ3n) is 4.31. The molecule has 2 heterocycles. The van der Waals surface area contributed by atoms with Gasteiger partial charge in [-0.3, -0.25) is 14.5 Å². The minimum absolute atomic E-state index is 0.00297. The lowest BCUT2D eigenvalue weighted by atomic mass is 10.1. The summed E-state index contributed by atoms with van der Waals surface area (Å²) in [5.41, 5.74) is 1.10. The van der Waals surface area contributed by atoms with Crippen molar-refractivity contribution in [3.63, 3.8) is 0 Å². The predicted molar refractivity (Wildman–Crippen MR) is 94.3 cm³/mol. The van der Waals surface area contributed by atoms with Crippen LogP contribution >= 0.6 is 0 Å². The lowest BCUT2D eigenvalue weighted by Gasteiger charge is -2.17. The van der Waals surface area contributed by atoms with E-state index >= 15 is 0 Å². The van der Waals surface area contributed by atoms with E-state index in [0.717, 1.165) is 23.5 Å². The maximum absolute atomic E-state index is 12.6. The fraction of sp³-hybridized carbons (Fsp3) is 0.316. The number of hydrogen-bond donors (Lipinski definition) is 2. The minimum Gasteiger partial charge on any atom is -0.469 e. The lowest BCUT2D eigenvalue weighted by molar-refractivity contribution is -0.125. The molecular weight excluding hydrogens is 334 g/mol. The first kappa shape index (κ1) is 17.7. The summed E-state index contributed by atoms with van der Waals surface area (Å²) in [7, 11) is 0. The standard InChI is InChI=1S/C19H21N3O4/c1-13(8-9-15-6-4-10-26-15)21-18(24)16-7-3-2-5-14(16)12-22-17(23)11-20-19(22)25/h2-7,10,13H,8-9,11-12H2,1H3,(H,20,25)(H,21,24). The Labute approximate surface area is 151 Å². The molecule has 3 rings (SSSR count). The summed E-state index contributed by atoms with van der Waals surface area (Å²) in [4.78, 5) is 37.3. The quantitative estimate of drug-likeness (QED) is 0.744. The van der Waals surface area contributed by atoms with Crippen LogP contribution in [0.5, 0.6) is 0 Å². The van der Waals surface area contributed by atoms with Crippen LogP contribution in [0.3, 0.4) is 0 Å². The number of carbonyl (C=O) groups excluding carboxylic acids is 3. The zero-order valence-electron chi connectivity index (χ0n) is 14.5. The van der Waals surface area contributed by atoms with Crippen LogP contribution in [-0.4, -0.2) is 35.3 Å². The zero-order chi connectivity index (χ0) is 18.5. The van der Waals surface area contributed by atoms with Crippen LogP contribution in [0.1, 0.15) is 35.0 Å². The van der Waals surface area contributed by atoms with Crippen LogP contribution in [-0.2, 0) is 17.8 Å². The SMILES string of the molecule is CC(CCc1ccco1)NC(=O)c1ccccc1CN1C(=O)CNC1=O. The first-order valence-corrected chi connectivity index (χ1v) is 8.54. The van der Waals surface area contributed by atoms with Crippen molar-refractivity contribution in [2.45, 2.75) is 32.4 Å². The molecule has 1 unspecified atom stereocenters. The van der Waals surface area contributed by atoms with Crippen molar-refractivity contribution in [3.05, 3.63) is 59.5 Å². The summed E-state index contributed by atoms with van der Waals surface area (Å²) in [5.74, 6) is 0.363. The Morgan fingerprint density at radius 1 is 1.27 bits per heavy atom. The number of nitrogens with one attached hydrogen (secondary N) is 2. The van der Waals surface area contributed by atoms with Crippen molar-refractivity contribution >= 4 is 17.8 Å². The molecule has 1 aliphatic rings. The van der Waals surface area contributed by atoms with Crippen molar-refractivity contribution in [2.75, 3.05) is 6.54 Å². The molecule has 7 heteroatoms. The molecule has 1 atom stereocenters. The summed E-state index contributed by atoms with van der Waals surface area (Å²) in [6.07, 6.45) is 3.11. The second-order valence-corrected chi connectivity index (χ2v) is 6.29. The number of carbonyl (C=O) groups is 3. The Bertz CT molecular complexity index is 785. The number of imide groups is 1. The smallest absolute Gasteiger partial charge is 0.324 e. The number of urea groups is 1. The zero-order valence-corrected chi connectivity index (χ0v) is 14.5. The average Bonchev–Trinajstić information content (AvgIpc) is 3.26. The summed E-state index contributed by atoms with van der Waals surface area (Å²) in [5, 5.41) is 5.44. The van der Waals surface area contributed by atoms with E-state index < -0.39 is 6.03 Å². The topological polar surface area (TPSA) is 91.7 Å². The van der Waals surface area contributed by atoms with Gasteiger partial charge >= 0.3 is 6.03 Å². The average molecular weight is 355 g/mol.